The van der Waals surface area contributed by atoms with Gasteiger partial charge < -0.3 is 4.90 Å². The fourth-order valence-electron chi connectivity index (χ4n) is 2.66. The summed E-state index contributed by atoms with van der Waals surface area (Å²) in [5, 5.41) is 10.8. The van der Waals surface area contributed by atoms with Crippen molar-refractivity contribution in [3.05, 3.63) is 30.5 Å². The quantitative estimate of drug-likeness (QED) is 0.778. The molecule has 1 aliphatic rings. The van der Waals surface area contributed by atoms with Gasteiger partial charge in [0.05, 0.1) is 6.20 Å². The minimum Gasteiger partial charge on any atom is -0.350 e. The van der Waals surface area contributed by atoms with Gasteiger partial charge in [-0.05, 0) is 19.3 Å². The van der Waals surface area contributed by atoms with Crippen LogP contribution >= 0.6 is 11.6 Å². The third-order valence-corrected chi connectivity index (χ3v) is 3.98. The molecule has 2 aromatic rings. The van der Waals surface area contributed by atoms with Gasteiger partial charge in [0, 0.05) is 29.2 Å². The highest BCUT2D eigenvalue weighted by molar-refractivity contribution is 6.18. The third-order valence-electron chi connectivity index (χ3n) is 3.63. The van der Waals surface area contributed by atoms with E-state index < -0.39 is 0 Å². The highest BCUT2D eigenvalue weighted by atomic mass is 35.5. The number of rotatable bonds is 2. The van der Waals surface area contributed by atoms with Crippen molar-refractivity contribution >= 4 is 28.2 Å². The number of piperidine rings is 1. The second-order valence-corrected chi connectivity index (χ2v) is 5.06. The molecule has 94 valence electrons. The summed E-state index contributed by atoms with van der Waals surface area (Å²) >= 11 is 6.09. The predicted molar refractivity (Wildman–Crippen MR) is 75.2 cm³/mol. The van der Waals surface area contributed by atoms with Crippen molar-refractivity contribution in [1.82, 2.24) is 10.2 Å². The summed E-state index contributed by atoms with van der Waals surface area (Å²) in [5.41, 5.74) is 0. The molecule has 1 aromatic carbocycles. The summed E-state index contributed by atoms with van der Waals surface area (Å²) in [4.78, 5) is 2.33. The summed E-state index contributed by atoms with van der Waals surface area (Å²) in [7, 11) is 0. The van der Waals surface area contributed by atoms with Crippen molar-refractivity contribution in [3.8, 4) is 0 Å². The highest BCUT2D eigenvalue weighted by Crippen LogP contribution is 2.29. The largest absolute Gasteiger partial charge is 0.350 e. The fraction of sp³-hybridized carbons (Fsp3) is 0.429. The number of nitrogens with zero attached hydrogens (tertiary/aromatic N) is 3. The normalized spacial score (nSPS) is 20.3. The van der Waals surface area contributed by atoms with E-state index in [0.717, 1.165) is 24.2 Å². The number of fused-ring (bicyclic) bond motifs is 1. The Morgan fingerprint density at radius 3 is 3.06 bits per heavy atom. The van der Waals surface area contributed by atoms with Crippen LogP contribution in [0.4, 0.5) is 5.82 Å². The Morgan fingerprint density at radius 2 is 2.17 bits per heavy atom. The van der Waals surface area contributed by atoms with E-state index in [1.54, 1.807) is 0 Å². The van der Waals surface area contributed by atoms with E-state index in [1.165, 1.54) is 18.2 Å². The molecule has 0 saturated carbocycles. The number of halogens is 1. The minimum atomic E-state index is 0.389. The summed E-state index contributed by atoms with van der Waals surface area (Å²) in [6.45, 7) is 1.03. The van der Waals surface area contributed by atoms with Gasteiger partial charge >= 0.3 is 0 Å². The van der Waals surface area contributed by atoms with Crippen molar-refractivity contribution < 1.29 is 0 Å². The maximum absolute atomic E-state index is 6.09. The molecule has 0 bridgehead atoms. The molecule has 4 heteroatoms. The number of hydrogen-bond donors (Lipinski definition) is 0. The summed E-state index contributed by atoms with van der Waals surface area (Å²) in [6.07, 6.45) is 5.43. The lowest BCUT2D eigenvalue weighted by Crippen LogP contribution is -2.41. The maximum atomic E-state index is 6.09. The van der Waals surface area contributed by atoms with Crippen LogP contribution in [0.5, 0.6) is 0 Å². The molecule has 1 fully saturated rings. The maximum Gasteiger partial charge on any atom is 0.159 e. The second-order valence-electron chi connectivity index (χ2n) is 4.75. The first-order valence-corrected chi connectivity index (χ1v) is 6.96. The van der Waals surface area contributed by atoms with E-state index in [2.05, 4.69) is 27.2 Å². The van der Waals surface area contributed by atoms with Crippen LogP contribution in [0.15, 0.2) is 30.5 Å². The van der Waals surface area contributed by atoms with E-state index in [-0.39, 0.29) is 0 Å². The molecule has 1 saturated heterocycles. The smallest absolute Gasteiger partial charge is 0.159 e. The van der Waals surface area contributed by atoms with E-state index in [1.807, 2.05) is 18.3 Å². The Kier molecular flexibility index (Phi) is 3.33. The predicted octanol–water partition coefficient (Wildman–Crippen LogP) is 3.23. The van der Waals surface area contributed by atoms with Crippen LogP contribution in [0.3, 0.4) is 0 Å². The van der Waals surface area contributed by atoms with E-state index in [9.17, 15) is 0 Å². The van der Waals surface area contributed by atoms with Gasteiger partial charge in [0.1, 0.15) is 0 Å². The van der Waals surface area contributed by atoms with Crippen LogP contribution in [0, 0.1) is 0 Å². The van der Waals surface area contributed by atoms with Crippen molar-refractivity contribution in [2.75, 3.05) is 17.3 Å². The number of benzene rings is 1. The molecule has 1 aromatic heterocycles. The molecule has 0 spiro atoms. The van der Waals surface area contributed by atoms with Crippen molar-refractivity contribution in [2.45, 2.75) is 25.3 Å². The van der Waals surface area contributed by atoms with Gasteiger partial charge in [-0.1, -0.05) is 24.3 Å². The number of anilines is 1. The molecular formula is C14H16ClN3. The van der Waals surface area contributed by atoms with E-state index >= 15 is 0 Å². The zero-order valence-electron chi connectivity index (χ0n) is 10.2. The Morgan fingerprint density at radius 1 is 1.28 bits per heavy atom. The topological polar surface area (TPSA) is 29.0 Å². The van der Waals surface area contributed by atoms with Crippen LogP contribution in [0.2, 0.25) is 0 Å². The standard InChI is InChI=1S/C14H16ClN3/c15-9-12-6-3-4-8-18(12)14-13-7-2-1-5-11(13)10-16-17-14/h1-2,5,7,10,12H,3-4,6,8-9H2. The third kappa shape index (κ3) is 2.03. The Hall–Kier alpha value is -1.35. The average molecular weight is 262 g/mol. The summed E-state index contributed by atoms with van der Waals surface area (Å²) in [5.74, 6) is 1.64. The molecule has 3 nitrogen and oxygen atoms in total. The monoisotopic (exact) mass is 261 g/mol. The Bertz CT molecular complexity index is 538. The number of aromatic nitrogens is 2. The molecule has 0 amide bonds. The summed E-state index contributed by atoms with van der Waals surface area (Å²) < 4.78 is 0. The first-order chi connectivity index (χ1) is 8.90. The van der Waals surface area contributed by atoms with Crippen LogP contribution in [-0.4, -0.2) is 28.7 Å². The molecule has 3 rings (SSSR count). The molecule has 1 unspecified atom stereocenters. The van der Waals surface area contributed by atoms with E-state index in [0.29, 0.717) is 11.9 Å². The summed E-state index contributed by atoms with van der Waals surface area (Å²) in [6, 6.07) is 8.66. The SMILES string of the molecule is ClCC1CCCCN1c1nncc2ccccc12. The number of hydrogen-bond acceptors (Lipinski definition) is 3. The van der Waals surface area contributed by atoms with Gasteiger partial charge in [-0.3, -0.25) is 0 Å². The van der Waals surface area contributed by atoms with Gasteiger partial charge in [0.15, 0.2) is 5.82 Å². The van der Waals surface area contributed by atoms with Gasteiger partial charge in [-0.25, -0.2) is 0 Å². The van der Waals surface area contributed by atoms with Gasteiger partial charge in [-0.2, -0.15) is 5.10 Å². The fourth-order valence-corrected chi connectivity index (χ4v) is 2.99. The lowest BCUT2D eigenvalue weighted by atomic mass is 10.0. The molecule has 18 heavy (non-hydrogen) atoms. The van der Waals surface area contributed by atoms with Crippen LogP contribution in [-0.2, 0) is 0 Å². The van der Waals surface area contributed by atoms with Gasteiger partial charge in [-0.15, -0.1) is 16.7 Å². The molecule has 0 radical (unpaired) electrons. The minimum absolute atomic E-state index is 0.389. The molecule has 0 N–H and O–H groups in total. The molecule has 1 atom stereocenters. The number of alkyl halides is 1. The van der Waals surface area contributed by atoms with E-state index in [4.69, 9.17) is 11.6 Å². The average Bonchev–Trinajstić information content (AvgIpc) is 2.46. The Labute approximate surface area is 112 Å². The molecule has 0 aliphatic carbocycles. The molecule has 1 aliphatic heterocycles. The molecular weight excluding hydrogens is 246 g/mol. The lowest BCUT2D eigenvalue weighted by molar-refractivity contribution is 0.484. The highest BCUT2D eigenvalue weighted by Gasteiger charge is 2.24. The second kappa shape index (κ2) is 5.11. The van der Waals surface area contributed by atoms with Crippen LogP contribution in [0.1, 0.15) is 19.3 Å². The zero-order valence-corrected chi connectivity index (χ0v) is 11.0. The van der Waals surface area contributed by atoms with Crippen LogP contribution in [0.25, 0.3) is 10.8 Å². The van der Waals surface area contributed by atoms with Crippen molar-refractivity contribution in [2.24, 2.45) is 0 Å². The van der Waals surface area contributed by atoms with Crippen LogP contribution < -0.4 is 4.90 Å². The van der Waals surface area contributed by atoms with Gasteiger partial charge in [0.2, 0.25) is 0 Å². The molecule has 2 heterocycles. The Balaban J connectivity index is 2.07. The first-order valence-electron chi connectivity index (χ1n) is 6.43. The first kappa shape index (κ1) is 11.7. The lowest BCUT2D eigenvalue weighted by Gasteiger charge is -2.35. The zero-order chi connectivity index (χ0) is 12.4. The van der Waals surface area contributed by atoms with Crippen molar-refractivity contribution in [3.63, 3.8) is 0 Å². The van der Waals surface area contributed by atoms with Gasteiger partial charge in [0.25, 0.3) is 0 Å². The van der Waals surface area contributed by atoms with Crippen molar-refractivity contribution in [1.29, 1.82) is 0 Å².